The van der Waals surface area contributed by atoms with Crippen molar-refractivity contribution in [3.8, 4) is 6.07 Å². The first kappa shape index (κ1) is 22.0. The standard InChI is InChI=1S/C23H29N5O/c1-7-20(27-15(3)4)21-16(5)29-23(25)19(13-24)22(21)17-9-11-18(12-10-17)28(6)14-26-8-2/h8-12,14-15,22H,2,7,25H2,1,3-6H3. The Morgan fingerprint density at radius 2 is 2.03 bits per heavy atom. The van der Waals surface area contributed by atoms with E-state index in [1.807, 2.05) is 57.0 Å². The number of benzene rings is 1. The maximum atomic E-state index is 9.81. The Morgan fingerprint density at radius 1 is 1.38 bits per heavy atom. The third-order valence-corrected chi connectivity index (χ3v) is 4.64. The van der Waals surface area contributed by atoms with Crippen LogP contribution in [0.1, 0.15) is 45.6 Å². The first-order chi connectivity index (χ1) is 13.8. The van der Waals surface area contributed by atoms with E-state index in [1.54, 1.807) is 6.34 Å². The molecule has 0 bridgehead atoms. The molecule has 0 amide bonds. The minimum Gasteiger partial charge on any atom is -0.445 e. The van der Waals surface area contributed by atoms with Gasteiger partial charge in [0, 0.05) is 36.3 Å². The summed E-state index contributed by atoms with van der Waals surface area (Å²) in [4.78, 5) is 10.7. The Labute approximate surface area is 173 Å². The Kier molecular flexibility index (Phi) is 7.38. The lowest BCUT2D eigenvalue weighted by atomic mass is 9.80. The topological polar surface area (TPSA) is 87.0 Å². The molecular formula is C23H29N5O. The zero-order valence-electron chi connectivity index (χ0n) is 17.8. The number of anilines is 1. The van der Waals surface area contributed by atoms with Crippen molar-refractivity contribution in [1.29, 1.82) is 5.26 Å². The highest BCUT2D eigenvalue weighted by Crippen LogP contribution is 2.40. The summed E-state index contributed by atoms with van der Waals surface area (Å²) < 4.78 is 5.72. The molecule has 0 fully saturated rings. The quantitative estimate of drug-likeness (QED) is 0.542. The van der Waals surface area contributed by atoms with Crippen molar-refractivity contribution in [1.82, 2.24) is 0 Å². The summed E-state index contributed by atoms with van der Waals surface area (Å²) >= 11 is 0. The van der Waals surface area contributed by atoms with Gasteiger partial charge in [-0.3, -0.25) is 4.99 Å². The average Bonchev–Trinajstić information content (AvgIpc) is 2.70. The van der Waals surface area contributed by atoms with Crippen LogP contribution < -0.4 is 10.6 Å². The van der Waals surface area contributed by atoms with Gasteiger partial charge in [0.1, 0.15) is 17.4 Å². The number of ether oxygens (including phenoxy) is 1. The monoisotopic (exact) mass is 391 g/mol. The highest BCUT2D eigenvalue weighted by atomic mass is 16.5. The zero-order valence-corrected chi connectivity index (χ0v) is 17.8. The van der Waals surface area contributed by atoms with E-state index in [4.69, 9.17) is 15.5 Å². The predicted molar refractivity (Wildman–Crippen MR) is 120 cm³/mol. The van der Waals surface area contributed by atoms with E-state index in [1.165, 1.54) is 6.20 Å². The van der Waals surface area contributed by atoms with Crippen LogP contribution in [0.2, 0.25) is 0 Å². The molecule has 1 heterocycles. The lowest BCUT2D eigenvalue weighted by molar-refractivity contribution is 0.283. The molecule has 1 aromatic rings. The van der Waals surface area contributed by atoms with E-state index in [9.17, 15) is 5.26 Å². The van der Waals surface area contributed by atoms with Gasteiger partial charge in [-0.15, -0.1) is 0 Å². The Balaban J connectivity index is 2.57. The third-order valence-electron chi connectivity index (χ3n) is 4.64. The smallest absolute Gasteiger partial charge is 0.205 e. The van der Waals surface area contributed by atoms with E-state index in [0.29, 0.717) is 11.3 Å². The summed E-state index contributed by atoms with van der Waals surface area (Å²) in [5.74, 6) is 0.525. The number of hydrogen-bond donors (Lipinski definition) is 1. The van der Waals surface area contributed by atoms with Gasteiger partial charge in [0.05, 0.1) is 12.3 Å². The number of rotatable bonds is 7. The van der Waals surface area contributed by atoms with Gasteiger partial charge in [0.25, 0.3) is 0 Å². The van der Waals surface area contributed by atoms with Crippen molar-refractivity contribution in [2.45, 2.75) is 46.1 Å². The largest absolute Gasteiger partial charge is 0.445 e. The first-order valence-corrected chi connectivity index (χ1v) is 9.66. The van der Waals surface area contributed by atoms with Crippen LogP contribution >= 0.6 is 0 Å². The van der Waals surface area contributed by atoms with Crippen molar-refractivity contribution in [2.75, 3.05) is 11.9 Å². The maximum absolute atomic E-state index is 9.81. The molecule has 1 atom stereocenters. The molecule has 152 valence electrons. The molecule has 2 N–H and O–H groups in total. The van der Waals surface area contributed by atoms with Gasteiger partial charge in [0.15, 0.2) is 0 Å². The van der Waals surface area contributed by atoms with Crippen molar-refractivity contribution in [3.63, 3.8) is 0 Å². The molecule has 0 aliphatic carbocycles. The van der Waals surface area contributed by atoms with Gasteiger partial charge < -0.3 is 15.4 Å². The van der Waals surface area contributed by atoms with Gasteiger partial charge >= 0.3 is 0 Å². The second-order valence-corrected chi connectivity index (χ2v) is 7.07. The molecule has 6 nitrogen and oxygen atoms in total. The summed E-state index contributed by atoms with van der Waals surface area (Å²) in [6.45, 7) is 11.6. The first-order valence-electron chi connectivity index (χ1n) is 9.66. The van der Waals surface area contributed by atoms with Gasteiger partial charge in [-0.25, -0.2) is 4.99 Å². The fourth-order valence-electron chi connectivity index (χ4n) is 3.37. The average molecular weight is 392 g/mol. The molecule has 1 aliphatic heterocycles. The summed E-state index contributed by atoms with van der Waals surface area (Å²) in [6, 6.07) is 10.4. The van der Waals surface area contributed by atoms with E-state index in [0.717, 1.165) is 29.0 Å². The SMILES string of the molecule is C=CN=CN(C)c1ccc(C2C(C#N)=C(N)OC(C)=C2C(CC)=NC(C)C)cc1. The molecule has 29 heavy (non-hydrogen) atoms. The second-order valence-electron chi connectivity index (χ2n) is 7.07. The molecule has 1 unspecified atom stereocenters. The molecule has 2 rings (SSSR count). The van der Waals surface area contributed by atoms with Crippen LogP contribution in [0.15, 0.2) is 69.8 Å². The van der Waals surface area contributed by atoms with Crippen LogP contribution in [0.3, 0.4) is 0 Å². The highest BCUT2D eigenvalue weighted by molar-refractivity contribution is 6.03. The van der Waals surface area contributed by atoms with Crippen molar-refractivity contribution in [3.05, 3.63) is 65.4 Å². The predicted octanol–water partition coefficient (Wildman–Crippen LogP) is 4.64. The second kappa shape index (κ2) is 9.74. The Morgan fingerprint density at radius 3 is 2.55 bits per heavy atom. The minimum atomic E-state index is -0.313. The fraction of sp³-hybridized carbons (Fsp3) is 0.348. The molecule has 1 aromatic carbocycles. The molecular weight excluding hydrogens is 362 g/mol. The molecule has 0 saturated heterocycles. The Hall–Kier alpha value is -3.33. The molecule has 6 heteroatoms. The Bertz CT molecular complexity index is 914. The van der Waals surface area contributed by atoms with Gasteiger partial charge in [-0.05, 0) is 44.9 Å². The van der Waals surface area contributed by atoms with E-state index < -0.39 is 0 Å². The van der Waals surface area contributed by atoms with E-state index in [2.05, 4.69) is 24.6 Å². The lowest BCUT2D eigenvalue weighted by Gasteiger charge is -2.29. The fourth-order valence-corrected chi connectivity index (χ4v) is 3.37. The lowest BCUT2D eigenvalue weighted by Crippen LogP contribution is -2.25. The van der Waals surface area contributed by atoms with Gasteiger partial charge in [-0.2, -0.15) is 5.26 Å². The highest BCUT2D eigenvalue weighted by Gasteiger charge is 2.33. The maximum Gasteiger partial charge on any atom is 0.205 e. The number of aliphatic imine (C=N–C) groups is 2. The van der Waals surface area contributed by atoms with Crippen LogP contribution in [0.4, 0.5) is 5.69 Å². The summed E-state index contributed by atoms with van der Waals surface area (Å²) in [7, 11) is 1.91. The number of allylic oxidation sites excluding steroid dienone is 3. The van der Waals surface area contributed by atoms with Crippen LogP contribution in [-0.2, 0) is 4.74 Å². The summed E-state index contributed by atoms with van der Waals surface area (Å²) in [6.07, 6.45) is 3.91. The number of nitriles is 1. The van der Waals surface area contributed by atoms with Crippen molar-refractivity contribution >= 4 is 17.7 Å². The third kappa shape index (κ3) is 4.94. The summed E-state index contributed by atoms with van der Waals surface area (Å²) in [5.41, 5.74) is 10.3. The van der Waals surface area contributed by atoms with Gasteiger partial charge in [-0.1, -0.05) is 25.6 Å². The number of nitrogens with zero attached hydrogens (tertiary/aromatic N) is 4. The van der Waals surface area contributed by atoms with E-state index >= 15 is 0 Å². The van der Waals surface area contributed by atoms with Crippen LogP contribution in [0.25, 0.3) is 0 Å². The molecule has 0 spiro atoms. The molecule has 0 saturated carbocycles. The molecule has 0 radical (unpaired) electrons. The normalized spacial score (nSPS) is 17.6. The van der Waals surface area contributed by atoms with Gasteiger partial charge in [0.2, 0.25) is 5.88 Å². The van der Waals surface area contributed by atoms with Crippen molar-refractivity contribution < 1.29 is 4.74 Å². The summed E-state index contributed by atoms with van der Waals surface area (Å²) in [5, 5.41) is 9.81. The van der Waals surface area contributed by atoms with E-state index in [-0.39, 0.29) is 17.8 Å². The van der Waals surface area contributed by atoms with Crippen LogP contribution in [-0.4, -0.2) is 25.1 Å². The zero-order chi connectivity index (χ0) is 21.6. The van der Waals surface area contributed by atoms with Crippen molar-refractivity contribution in [2.24, 2.45) is 15.7 Å². The van der Waals surface area contributed by atoms with Crippen LogP contribution in [0.5, 0.6) is 0 Å². The molecule has 1 aliphatic rings. The van der Waals surface area contributed by atoms with Crippen LogP contribution in [0, 0.1) is 11.3 Å². The molecule has 0 aromatic heterocycles. The minimum absolute atomic E-state index is 0.139. The number of hydrogen-bond acceptors (Lipinski definition) is 5. The number of nitrogens with two attached hydrogens (primary N) is 1.